The van der Waals surface area contributed by atoms with Crippen molar-refractivity contribution in [2.24, 2.45) is 5.10 Å². The molecule has 1 aromatic carbocycles. The zero-order valence-electron chi connectivity index (χ0n) is 14.4. The Morgan fingerprint density at radius 2 is 2.08 bits per heavy atom. The van der Waals surface area contributed by atoms with Gasteiger partial charge in [0.05, 0.1) is 25.2 Å². The highest BCUT2D eigenvalue weighted by molar-refractivity contribution is 5.86. The second kappa shape index (κ2) is 7.56. The van der Waals surface area contributed by atoms with Crippen LogP contribution in [-0.4, -0.2) is 29.0 Å². The zero-order valence-corrected chi connectivity index (χ0v) is 14.4. The molecule has 134 valence electrons. The van der Waals surface area contributed by atoms with Crippen molar-refractivity contribution in [2.75, 3.05) is 12.8 Å². The minimum Gasteiger partial charge on any atom is -0.486 e. The molecule has 0 bridgehead atoms. The average molecular weight is 354 g/mol. The molecule has 2 heterocycles. The van der Waals surface area contributed by atoms with Gasteiger partial charge in [-0.1, -0.05) is 0 Å². The van der Waals surface area contributed by atoms with Crippen molar-refractivity contribution in [3.63, 3.8) is 0 Å². The number of aromatic nitrogens is 2. The third kappa shape index (κ3) is 4.10. The van der Waals surface area contributed by atoms with E-state index in [2.05, 4.69) is 14.8 Å². The molecule has 3 rings (SSSR count). The van der Waals surface area contributed by atoms with Gasteiger partial charge in [0.15, 0.2) is 0 Å². The molecule has 0 atom stereocenters. The van der Waals surface area contributed by atoms with Crippen LogP contribution in [0.2, 0.25) is 0 Å². The number of hydrogen-bond acceptors (Lipinski definition) is 7. The monoisotopic (exact) mass is 354 g/mol. The number of aryl methyl sites for hydroxylation is 1. The van der Waals surface area contributed by atoms with Gasteiger partial charge in [-0.25, -0.2) is 14.5 Å². The minimum atomic E-state index is -0.520. The first-order chi connectivity index (χ1) is 12.5. The zero-order chi connectivity index (χ0) is 18.5. The van der Waals surface area contributed by atoms with E-state index >= 15 is 0 Å². The first kappa shape index (κ1) is 17.3. The number of methoxy groups -OCH3 is 1. The molecular formula is C18H18N4O4. The van der Waals surface area contributed by atoms with E-state index in [1.807, 2.05) is 31.2 Å². The van der Waals surface area contributed by atoms with Crippen molar-refractivity contribution in [1.29, 1.82) is 0 Å². The summed E-state index contributed by atoms with van der Waals surface area (Å²) < 4.78 is 17.1. The lowest BCUT2D eigenvalue weighted by Crippen LogP contribution is -1.99. The quantitative estimate of drug-likeness (QED) is 0.539. The first-order valence-electron chi connectivity index (χ1n) is 7.81. The van der Waals surface area contributed by atoms with Crippen LogP contribution in [0, 0.1) is 6.92 Å². The van der Waals surface area contributed by atoms with Crippen molar-refractivity contribution < 1.29 is 18.7 Å². The van der Waals surface area contributed by atoms with Crippen LogP contribution < -0.4 is 10.5 Å². The summed E-state index contributed by atoms with van der Waals surface area (Å²) in [4.78, 5) is 15.4. The number of carbonyl (C=O) groups is 1. The number of furan rings is 1. The number of esters is 1. The molecule has 26 heavy (non-hydrogen) atoms. The van der Waals surface area contributed by atoms with Gasteiger partial charge < -0.3 is 19.6 Å². The van der Waals surface area contributed by atoms with Gasteiger partial charge in [-0.2, -0.15) is 5.10 Å². The molecule has 0 fully saturated rings. The van der Waals surface area contributed by atoms with E-state index in [0.29, 0.717) is 17.5 Å². The summed E-state index contributed by atoms with van der Waals surface area (Å²) in [6, 6.07) is 10.6. The smallest absolute Gasteiger partial charge is 0.373 e. The second-order valence-corrected chi connectivity index (χ2v) is 5.44. The fourth-order valence-electron chi connectivity index (χ4n) is 2.20. The van der Waals surface area contributed by atoms with Gasteiger partial charge in [-0.3, -0.25) is 0 Å². The number of nitrogen functional groups attached to an aromatic ring is 1. The van der Waals surface area contributed by atoms with Gasteiger partial charge in [0.25, 0.3) is 0 Å². The molecule has 0 aliphatic heterocycles. The van der Waals surface area contributed by atoms with Crippen LogP contribution in [0.3, 0.4) is 0 Å². The van der Waals surface area contributed by atoms with Gasteiger partial charge in [0.1, 0.15) is 18.1 Å². The number of nitrogens with two attached hydrogens (primary N) is 1. The van der Waals surface area contributed by atoms with Gasteiger partial charge in [-0.05, 0) is 48.9 Å². The highest BCUT2D eigenvalue weighted by atomic mass is 16.5. The van der Waals surface area contributed by atoms with Gasteiger partial charge >= 0.3 is 5.97 Å². The van der Waals surface area contributed by atoms with E-state index < -0.39 is 5.97 Å². The largest absolute Gasteiger partial charge is 0.486 e. The molecule has 8 heteroatoms. The standard InChI is InChI=1S/C18H18N4O4/c1-12-10-22(18(19)21-12)20-9-13-3-5-14(6-4-13)25-11-15-7-8-16(26-15)17(23)24-2/h3-10H,11H2,1-2H3,(H2,19,21). The second-order valence-electron chi connectivity index (χ2n) is 5.44. The summed E-state index contributed by atoms with van der Waals surface area (Å²) >= 11 is 0. The number of ether oxygens (including phenoxy) is 2. The Hall–Kier alpha value is -3.55. The highest BCUT2D eigenvalue weighted by Gasteiger charge is 2.11. The molecule has 0 radical (unpaired) electrons. The van der Waals surface area contributed by atoms with E-state index in [1.54, 1.807) is 24.5 Å². The van der Waals surface area contributed by atoms with Crippen molar-refractivity contribution in [3.8, 4) is 5.75 Å². The SMILES string of the molecule is COC(=O)c1ccc(COc2ccc(C=Nn3cc(C)nc3N)cc2)o1. The van der Waals surface area contributed by atoms with Crippen LogP contribution in [0.5, 0.6) is 5.75 Å². The topological polar surface area (TPSA) is 105 Å². The lowest BCUT2D eigenvalue weighted by atomic mass is 10.2. The summed E-state index contributed by atoms with van der Waals surface area (Å²) in [5.41, 5.74) is 7.42. The van der Waals surface area contributed by atoms with Crippen LogP contribution in [0.15, 0.2) is 52.1 Å². The average Bonchev–Trinajstić information content (AvgIpc) is 3.24. The predicted molar refractivity (Wildman–Crippen MR) is 95.2 cm³/mol. The Morgan fingerprint density at radius 1 is 1.31 bits per heavy atom. The van der Waals surface area contributed by atoms with Gasteiger partial charge in [0.2, 0.25) is 11.7 Å². The molecule has 2 aromatic heterocycles. The summed E-state index contributed by atoms with van der Waals surface area (Å²) in [6.45, 7) is 2.05. The fourth-order valence-corrected chi connectivity index (χ4v) is 2.20. The maximum atomic E-state index is 11.3. The molecule has 0 saturated heterocycles. The molecule has 0 spiro atoms. The number of rotatable bonds is 6. The van der Waals surface area contributed by atoms with E-state index in [0.717, 1.165) is 11.3 Å². The molecule has 3 aromatic rings. The Kier molecular flexibility index (Phi) is 5.02. The van der Waals surface area contributed by atoms with Crippen molar-refractivity contribution >= 4 is 18.1 Å². The molecule has 8 nitrogen and oxygen atoms in total. The summed E-state index contributed by atoms with van der Waals surface area (Å²) in [6.07, 6.45) is 3.42. The summed E-state index contributed by atoms with van der Waals surface area (Å²) in [5, 5.41) is 4.25. The lowest BCUT2D eigenvalue weighted by molar-refractivity contribution is 0.0561. The first-order valence-corrected chi connectivity index (χ1v) is 7.81. The maximum Gasteiger partial charge on any atom is 0.373 e. The van der Waals surface area contributed by atoms with Crippen LogP contribution >= 0.6 is 0 Å². The number of nitrogens with zero attached hydrogens (tertiary/aromatic N) is 3. The van der Waals surface area contributed by atoms with E-state index in [9.17, 15) is 4.79 Å². The third-order valence-corrected chi connectivity index (χ3v) is 3.48. The van der Waals surface area contributed by atoms with Crippen LogP contribution in [-0.2, 0) is 11.3 Å². The van der Waals surface area contributed by atoms with E-state index in [4.69, 9.17) is 14.9 Å². The van der Waals surface area contributed by atoms with Gasteiger partial charge in [-0.15, -0.1) is 0 Å². The highest BCUT2D eigenvalue weighted by Crippen LogP contribution is 2.16. The number of anilines is 1. The Labute approximate surface area is 149 Å². The predicted octanol–water partition coefficient (Wildman–Crippen LogP) is 2.61. The van der Waals surface area contributed by atoms with Crippen molar-refractivity contribution in [1.82, 2.24) is 9.66 Å². The number of benzene rings is 1. The normalized spacial score (nSPS) is 11.0. The van der Waals surface area contributed by atoms with Crippen LogP contribution in [0.25, 0.3) is 0 Å². The summed E-state index contributed by atoms with van der Waals surface area (Å²) in [7, 11) is 1.30. The lowest BCUT2D eigenvalue weighted by Gasteiger charge is -2.04. The van der Waals surface area contributed by atoms with Crippen LogP contribution in [0.1, 0.15) is 27.6 Å². The molecular weight excluding hydrogens is 336 g/mol. The number of hydrogen-bond donors (Lipinski definition) is 1. The van der Waals surface area contributed by atoms with Crippen molar-refractivity contribution in [3.05, 3.63) is 65.4 Å². The van der Waals surface area contributed by atoms with Crippen LogP contribution in [0.4, 0.5) is 5.95 Å². The Bertz CT molecular complexity index is 925. The molecule has 2 N–H and O–H groups in total. The maximum absolute atomic E-state index is 11.3. The summed E-state index contributed by atoms with van der Waals surface area (Å²) in [5.74, 6) is 1.15. The fraction of sp³-hybridized carbons (Fsp3) is 0.167. The molecule has 0 unspecified atom stereocenters. The van der Waals surface area contributed by atoms with Gasteiger partial charge in [0, 0.05) is 0 Å². The molecule has 0 amide bonds. The number of imidazole rings is 1. The molecule has 0 aliphatic rings. The Morgan fingerprint density at radius 3 is 2.73 bits per heavy atom. The third-order valence-electron chi connectivity index (χ3n) is 3.48. The molecule has 0 aliphatic carbocycles. The minimum absolute atomic E-state index is 0.145. The molecule has 0 saturated carbocycles. The van der Waals surface area contributed by atoms with E-state index in [-0.39, 0.29) is 12.4 Å². The number of carbonyl (C=O) groups excluding carboxylic acids is 1. The van der Waals surface area contributed by atoms with Crippen molar-refractivity contribution in [2.45, 2.75) is 13.5 Å². The van der Waals surface area contributed by atoms with E-state index in [1.165, 1.54) is 11.8 Å². The Balaban J connectivity index is 1.58.